The Morgan fingerprint density at radius 2 is 2.04 bits per heavy atom. The highest BCUT2D eigenvalue weighted by Gasteiger charge is 2.40. The van der Waals surface area contributed by atoms with Crippen LogP contribution in [0, 0.1) is 17.8 Å². The lowest BCUT2D eigenvalue weighted by Gasteiger charge is -2.43. The average Bonchev–Trinajstić information content (AvgIpc) is 3.14. The van der Waals surface area contributed by atoms with Crippen LogP contribution in [0.1, 0.15) is 37.7 Å². The molecule has 1 amide bonds. The first-order chi connectivity index (χ1) is 12.2. The molecule has 26 heavy (non-hydrogen) atoms. The Bertz CT molecular complexity index is 721. The van der Waals surface area contributed by atoms with Crippen LogP contribution in [0.3, 0.4) is 0 Å². The second-order valence-corrected chi connectivity index (χ2v) is 7.42. The molecule has 0 saturated heterocycles. The molecule has 2 fully saturated rings. The predicted octanol–water partition coefficient (Wildman–Crippen LogP) is 2.46. The Labute approximate surface area is 160 Å². The molecular weight excluding hydrogens is 350 g/mol. The number of hydrogen-bond acceptors (Lipinski definition) is 4. The predicted molar refractivity (Wildman–Crippen MR) is 102 cm³/mol. The third-order valence-electron chi connectivity index (χ3n) is 5.84. The van der Waals surface area contributed by atoms with Crippen molar-refractivity contribution in [2.45, 2.75) is 44.7 Å². The second-order valence-electron chi connectivity index (χ2n) is 7.42. The highest BCUT2D eigenvalue weighted by molar-refractivity contribution is 5.85. The first kappa shape index (κ1) is 18.9. The van der Waals surface area contributed by atoms with Crippen LogP contribution >= 0.6 is 12.4 Å². The molecule has 2 unspecified atom stereocenters. The molecular formula is C19H26ClN5O. The Morgan fingerprint density at radius 3 is 2.73 bits per heavy atom. The molecule has 1 aromatic heterocycles. The summed E-state index contributed by atoms with van der Waals surface area (Å²) in [7, 11) is 0. The number of nitrogens with one attached hydrogen (secondary N) is 1. The number of fused-ring (bicyclic) bond motifs is 2. The summed E-state index contributed by atoms with van der Waals surface area (Å²) in [5.74, 6) is 1.35. The van der Waals surface area contributed by atoms with Gasteiger partial charge in [0.05, 0.1) is 5.69 Å². The van der Waals surface area contributed by atoms with Crippen LogP contribution in [-0.4, -0.2) is 26.7 Å². The first-order valence-corrected chi connectivity index (χ1v) is 9.18. The molecule has 2 aliphatic carbocycles. The van der Waals surface area contributed by atoms with Gasteiger partial charge in [0.25, 0.3) is 0 Å². The number of rotatable bonds is 4. The molecule has 0 radical (unpaired) electrons. The number of aromatic nitrogens is 3. The number of halogens is 1. The Morgan fingerprint density at radius 1 is 1.27 bits per heavy atom. The molecule has 1 aromatic carbocycles. The van der Waals surface area contributed by atoms with Crippen molar-refractivity contribution < 1.29 is 4.79 Å². The van der Waals surface area contributed by atoms with Crippen molar-refractivity contribution in [3.8, 4) is 5.69 Å². The normalized spacial score (nSPS) is 27.4. The van der Waals surface area contributed by atoms with Gasteiger partial charge in [0.15, 0.2) is 0 Å². The van der Waals surface area contributed by atoms with Crippen LogP contribution in [0.25, 0.3) is 5.69 Å². The maximum absolute atomic E-state index is 12.6. The number of carbonyl (C=O) groups excluding carboxylic acids is 1. The van der Waals surface area contributed by atoms with E-state index in [9.17, 15) is 4.79 Å². The highest BCUT2D eigenvalue weighted by atomic mass is 35.5. The number of nitrogens with two attached hydrogens (primary N) is 1. The minimum atomic E-state index is 0. The summed E-state index contributed by atoms with van der Waals surface area (Å²) in [6, 6.07) is 8.30. The number of carbonyl (C=O) groups is 1. The van der Waals surface area contributed by atoms with Crippen LogP contribution in [-0.2, 0) is 11.3 Å². The monoisotopic (exact) mass is 375 g/mol. The minimum absolute atomic E-state index is 0. The van der Waals surface area contributed by atoms with E-state index in [0.717, 1.165) is 24.1 Å². The van der Waals surface area contributed by atoms with E-state index in [1.807, 2.05) is 24.3 Å². The van der Waals surface area contributed by atoms with Crippen molar-refractivity contribution in [3.05, 3.63) is 42.5 Å². The van der Waals surface area contributed by atoms with Crippen molar-refractivity contribution in [1.29, 1.82) is 0 Å². The number of hydrogen-bond donors (Lipinski definition) is 2. The van der Waals surface area contributed by atoms with Gasteiger partial charge in [-0.3, -0.25) is 4.79 Å². The lowest BCUT2D eigenvalue weighted by Crippen LogP contribution is -2.49. The van der Waals surface area contributed by atoms with Gasteiger partial charge in [-0.1, -0.05) is 18.6 Å². The topological polar surface area (TPSA) is 85.8 Å². The van der Waals surface area contributed by atoms with Gasteiger partial charge in [-0.2, -0.15) is 5.10 Å². The van der Waals surface area contributed by atoms with E-state index in [1.54, 1.807) is 11.0 Å². The Kier molecular flexibility index (Phi) is 5.94. The molecule has 2 aromatic rings. The van der Waals surface area contributed by atoms with Crippen molar-refractivity contribution in [2.75, 3.05) is 0 Å². The smallest absolute Gasteiger partial charge is 0.223 e. The second kappa shape index (κ2) is 8.18. The summed E-state index contributed by atoms with van der Waals surface area (Å²) in [5.41, 5.74) is 8.34. The quantitative estimate of drug-likeness (QED) is 0.859. The van der Waals surface area contributed by atoms with Gasteiger partial charge in [-0.25, -0.2) is 9.67 Å². The highest BCUT2D eigenvalue weighted by Crippen LogP contribution is 2.41. The Balaban J connectivity index is 0.00000196. The van der Waals surface area contributed by atoms with E-state index in [-0.39, 0.29) is 24.2 Å². The van der Waals surface area contributed by atoms with Gasteiger partial charge >= 0.3 is 0 Å². The lowest BCUT2D eigenvalue weighted by atomic mass is 9.65. The molecule has 0 spiro atoms. The molecule has 6 nitrogen and oxygen atoms in total. The fourth-order valence-corrected chi connectivity index (χ4v) is 4.49. The summed E-state index contributed by atoms with van der Waals surface area (Å²) in [4.78, 5) is 16.6. The van der Waals surface area contributed by atoms with Gasteiger partial charge in [0.1, 0.15) is 12.7 Å². The number of amides is 1. The fourth-order valence-electron chi connectivity index (χ4n) is 4.49. The minimum Gasteiger partial charge on any atom is -0.352 e. The molecule has 1 heterocycles. The van der Waals surface area contributed by atoms with E-state index < -0.39 is 0 Å². The largest absolute Gasteiger partial charge is 0.352 e. The van der Waals surface area contributed by atoms with Gasteiger partial charge in [-0.05, 0) is 55.2 Å². The van der Waals surface area contributed by atoms with Crippen LogP contribution in [0.15, 0.2) is 36.9 Å². The standard InChI is InChI=1S/C19H25N5O.ClH/c20-18-14-4-2-5-15(18)9-16(8-14)19(25)22-10-13-3-1-6-17(7-13)24-12-21-11-23-24;/h1,3,6-7,11-12,14-16,18H,2,4-5,8-10,20H2,(H,22,25);1H. The van der Waals surface area contributed by atoms with Crippen molar-refractivity contribution in [3.63, 3.8) is 0 Å². The van der Waals surface area contributed by atoms with Gasteiger partial charge < -0.3 is 11.1 Å². The van der Waals surface area contributed by atoms with Crippen LogP contribution < -0.4 is 11.1 Å². The summed E-state index contributed by atoms with van der Waals surface area (Å²) in [6.45, 7) is 0.541. The van der Waals surface area contributed by atoms with E-state index in [0.29, 0.717) is 24.4 Å². The summed E-state index contributed by atoms with van der Waals surface area (Å²) in [6.07, 6.45) is 8.71. The average molecular weight is 376 g/mol. The van der Waals surface area contributed by atoms with Gasteiger partial charge in [0, 0.05) is 18.5 Å². The zero-order valence-electron chi connectivity index (χ0n) is 14.8. The van der Waals surface area contributed by atoms with Crippen LogP contribution in [0.2, 0.25) is 0 Å². The summed E-state index contributed by atoms with van der Waals surface area (Å²) < 4.78 is 1.72. The first-order valence-electron chi connectivity index (χ1n) is 9.18. The maximum atomic E-state index is 12.6. The van der Waals surface area contributed by atoms with Crippen molar-refractivity contribution in [2.24, 2.45) is 23.5 Å². The van der Waals surface area contributed by atoms with E-state index in [2.05, 4.69) is 15.4 Å². The van der Waals surface area contributed by atoms with Crippen molar-refractivity contribution >= 4 is 18.3 Å². The third kappa shape index (κ3) is 3.91. The van der Waals surface area contributed by atoms with E-state index >= 15 is 0 Å². The molecule has 2 saturated carbocycles. The molecule has 140 valence electrons. The Hall–Kier alpha value is -1.92. The van der Waals surface area contributed by atoms with Crippen molar-refractivity contribution in [1.82, 2.24) is 20.1 Å². The van der Waals surface area contributed by atoms with Crippen LogP contribution in [0.4, 0.5) is 0 Å². The molecule has 7 heteroatoms. The SMILES string of the molecule is Cl.NC1C2CCCC1CC(C(=O)NCc1cccc(-n3cncn3)c1)C2. The number of benzene rings is 1. The fraction of sp³-hybridized carbons (Fsp3) is 0.526. The summed E-state index contributed by atoms with van der Waals surface area (Å²) >= 11 is 0. The maximum Gasteiger partial charge on any atom is 0.223 e. The van der Waals surface area contributed by atoms with Gasteiger partial charge in [-0.15, -0.1) is 12.4 Å². The molecule has 2 bridgehead atoms. The van der Waals surface area contributed by atoms with E-state index in [4.69, 9.17) is 5.73 Å². The zero-order chi connectivity index (χ0) is 17.2. The zero-order valence-corrected chi connectivity index (χ0v) is 15.6. The molecule has 4 rings (SSSR count). The van der Waals surface area contributed by atoms with Gasteiger partial charge in [0.2, 0.25) is 5.91 Å². The third-order valence-corrected chi connectivity index (χ3v) is 5.84. The lowest BCUT2D eigenvalue weighted by molar-refractivity contribution is -0.128. The molecule has 3 N–H and O–H groups in total. The molecule has 0 aliphatic heterocycles. The summed E-state index contributed by atoms with van der Waals surface area (Å²) in [5, 5.41) is 7.26. The molecule has 2 atom stereocenters. The van der Waals surface area contributed by atoms with E-state index in [1.165, 1.54) is 25.6 Å². The molecule has 2 aliphatic rings. The van der Waals surface area contributed by atoms with Crippen LogP contribution in [0.5, 0.6) is 0 Å². The number of nitrogens with zero attached hydrogens (tertiary/aromatic N) is 3.